The van der Waals surface area contributed by atoms with Gasteiger partial charge < -0.3 is 15.5 Å². The standard InChI is InChI=1S/C32H63NO4/c1-3-5-7-9-11-13-15-17-19-21-23-29(31(34)35)25-27-33-28-26-30(32(36)37)24-22-20-18-16-14-12-10-8-6-4-2/h29-30,33H,3-28H2,1-2H3,(H,34,35)(H,36,37). The Labute approximate surface area is 230 Å². The summed E-state index contributed by atoms with van der Waals surface area (Å²) in [6, 6.07) is 0. The van der Waals surface area contributed by atoms with Gasteiger partial charge >= 0.3 is 11.9 Å². The number of carboxylic acid groups (broad SMARTS) is 2. The van der Waals surface area contributed by atoms with Crippen LogP contribution in [0.1, 0.15) is 168 Å². The lowest BCUT2D eigenvalue weighted by molar-refractivity contribution is -0.143. The fourth-order valence-electron chi connectivity index (χ4n) is 5.22. The van der Waals surface area contributed by atoms with Gasteiger partial charge in [-0.2, -0.15) is 0 Å². The molecule has 0 aromatic rings. The largest absolute Gasteiger partial charge is 0.481 e. The van der Waals surface area contributed by atoms with Crippen LogP contribution in [0, 0.1) is 11.8 Å². The Kier molecular flexibility index (Phi) is 27.1. The SMILES string of the molecule is CCCCCCCCCCCCC(CCNCCC(CCCCCCCCCCCC)C(=O)O)C(=O)O. The van der Waals surface area contributed by atoms with Gasteiger partial charge in [-0.05, 0) is 38.8 Å². The summed E-state index contributed by atoms with van der Waals surface area (Å²) in [5.41, 5.74) is 0. The smallest absolute Gasteiger partial charge is 0.306 e. The molecule has 220 valence electrons. The number of nitrogens with one attached hydrogen (secondary N) is 1. The van der Waals surface area contributed by atoms with Crippen molar-refractivity contribution in [1.82, 2.24) is 5.32 Å². The average Bonchev–Trinajstić information content (AvgIpc) is 2.87. The van der Waals surface area contributed by atoms with E-state index in [-0.39, 0.29) is 11.8 Å². The molecule has 0 rings (SSSR count). The van der Waals surface area contributed by atoms with E-state index in [0.717, 1.165) is 38.5 Å². The summed E-state index contributed by atoms with van der Waals surface area (Å²) in [5, 5.41) is 22.4. The van der Waals surface area contributed by atoms with E-state index in [9.17, 15) is 19.8 Å². The summed E-state index contributed by atoms with van der Waals surface area (Å²) in [6.07, 6.45) is 28.0. The van der Waals surface area contributed by atoms with Crippen LogP contribution in [0.5, 0.6) is 0 Å². The van der Waals surface area contributed by atoms with Crippen molar-refractivity contribution in [2.75, 3.05) is 13.1 Å². The molecule has 0 heterocycles. The Bertz CT molecular complexity index is 467. The first-order chi connectivity index (χ1) is 18.0. The number of rotatable bonds is 30. The maximum Gasteiger partial charge on any atom is 0.306 e. The highest BCUT2D eigenvalue weighted by Crippen LogP contribution is 2.18. The molecule has 0 saturated carbocycles. The molecule has 0 bridgehead atoms. The number of hydrogen-bond acceptors (Lipinski definition) is 3. The van der Waals surface area contributed by atoms with Crippen molar-refractivity contribution in [3.8, 4) is 0 Å². The van der Waals surface area contributed by atoms with Gasteiger partial charge in [-0.1, -0.05) is 142 Å². The molecule has 0 radical (unpaired) electrons. The van der Waals surface area contributed by atoms with Crippen LogP contribution in [0.15, 0.2) is 0 Å². The molecule has 0 aromatic heterocycles. The van der Waals surface area contributed by atoms with Gasteiger partial charge in [-0.3, -0.25) is 9.59 Å². The summed E-state index contributed by atoms with van der Waals surface area (Å²) in [7, 11) is 0. The minimum absolute atomic E-state index is 0.288. The van der Waals surface area contributed by atoms with Crippen molar-refractivity contribution in [2.24, 2.45) is 11.8 Å². The monoisotopic (exact) mass is 525 g/mol. The number of carbonyl (C=O) groups is 2. The predicted octanol–water partition coefficient (Wildman–Crippen LogP) is 9.38. The van der Waals surface area contributed by atoms with Crippen LogP contribution in [-0.2, 0) is 9.59 Å². The molecule has 0 fully saturated rings. The number of hydrogen-bond donors (Lipinski definition) is 3. The molecule has 0 aliphatic carbocycles. The molecule has 37 heavy (non-hydrogen) atoms. The second kappa shape index (κ2) is 27.9. The lowest BCUT2D eigenvalue weighted by atomic mass is 9.96. The maximum absolute atomic E-state index is 11.6. The zero-order valence-electron chi connectivity index (χ0n) is 24.8. The third kappa shape index (κ3) is 25.0. The zero-order chi connectivity index (χ0) is 27.4. The lowest BCUT2D eigenvalue weighted by Crippen LogP contribution is -2.26. The maximum atomic E-state index is 11.6. The molecule has 0 aliphatic rings. The summed E-state index contributed by atoms with van der Waals surface area (Å²) in [6.45, 7) is 5.80. The van der Waals surface area contributed by atoms with Crippen molar-refractivity contribution >= 4 is 11.9 Å². The molecule has 0 saturated heterocycles. The van der Waals surface area contributed by atoms with Gasteiger partial charge in [0, 0.05) is 0 Å². The summed E-state index contributed by atoms with van der Waals surface area (Å²) in [5.74, 6) is -1.96. The van der Waals surface area contributed by atoms with E-state index in [1.807, 2.05) is 0 Å². The van der Waals surface area contributed by atoms with Crippen LogP contribution in [0.2, 0.25) is 0 Å². The van der Waals surface area contributed by atoms with Crippen LogP contribution >= 0.6 is 0 Å². The molecule has 3 N–H and O–H groups in total. The quantitative estimate of drug-likeness (QED) is 0.0813. The van der Waals surface area contributed by atoms with Crippen LogP contribution < -0.4 is 5.32 Å². The van der Waals surface area contributed by atoms with E-state index in [1.165, 1.54) is 103 Å². The molecule has 0 spiro atoms. The van der Waals surface area contributed by atoms with E-state index in [0.29, 0.717) is 25.9 Å². The van der Waals surface area contributed by atoms with E-state index < -0.39 is 11.9 Å². The fraction of sp³-hybridized carbons (Fsp3) is 0.938. The molecule has 2 atom stereocenters. The number of aliphatic carboxylic acids is 2. The minimum atomic E-state index is -0.693. The van der Waals surface area contributed by atoms with Gasteiger partial charge in [-0.25, -0.2) is 0 Å². The van der Waals surface area contributed by atoms with E-state index >= 15 is 0 Å². The van der Waals surface area contributed by atoms with Crippen molar-refractivity contribution in [2.45, 2.75) is 168 Å². The minimum Gasteiger partial charge on any atom is -0.481 e. The molecule has 0 aliphatic heterocycles. The lowest BCUT2D eigenvalue weighted by Gasteiger charge is -2.15. The summed E-state index contributed by atoms with van der Waals surface area (Å²) in [4.78, 5) is 23.2. The third-order valence-corrected chi connectivity index (χ3v) is 7.85. The normalized spacial score (nSPS) is 13.0. The highest BCUT2D eigenvalue weighted by atomic mass is 16.4. The Balaban J connectivity index is 3.78. The van der Waals surface area contributed by atoms with E-state index in [4.69, 9.17) is 0 Å². The van der Waals surface area contributed by atoms with Gasteiger partial charge in [0.25, 0.3) is 0 Å². The molecule has 5 heteroatoms. The van der Waals surface area contributed by atoms with Crippen LogP contribution in [0.4, 0.5) is 0 Å². The van der Waals surface area contributed by atoms with Gasteiger partial charge in [0.1, 0.15) is 0 Å². The first-order valence-corrected chi connectivity index (χ1v) is 16.2. The van der Waals surface area contributed by atoms with Gasteiger partial charge in [0.15, 0.2) is 0 Å². The summed E-state index contributed by atoms with van der Waals surface area (Å²) < 4.78 is 0. The van der Waals surface area contributed by atoms with Gasteiger partial charge in [-0.15, -0.1) is 0 Å². The predicted molar refractivity (Wildman–Crippen MR) is 157 cm³/mol. The Morgan fingerprint density at radius 2 is 0.730 bits per heavy atom. The van der Waals surface area contributed by atoms with Crippen LogP contribution in [0.25, 0.3) is 0 Å². The molecular weight excluding hydrogens is 462 g/mol. The Morgan fingerprint density at radius 1 is 0.459 bits per heavy atom. The highest BCUT2D eigenvalue weighted by molar-refractivity contribution is 5.70. The second-order valence-electron chi connectivity index (χ2n) is 11.3. The zero-order valence-corrected chi connectivity index (χ0v) is 24.8. The molecule has 2 unspecified atom stereocenters. The summed E-state index contributed by atoms with van der Waals surface area (Å²) >= 11 is 0. The van der Waals surface area contributed by atoms with Crippen LogP contribution in [0.3, 0.4) is 0 Å². The van der Waals surface area contributed by atoms with Crippen molar-refractivity contribution in [1.29, 1.82) is 0 Å². The number of carboxylic acids is 2. The molecular formula is C32H63NO4. The average molecular weight is 526 g/mol. The second-order valence-corrected chi connectivity index (χ2v) is 11.3. The fourth-order valence-corrected chi connectivity index (χ4v) is 5.22. The molecule has 0 amide bonds. The Morgan fingerprint density at radius 3 is 1.00 bits per heavy atom. The van der Waals surface area contributed by atoms with Crippen molar-refractivity contribution in [3.05, 3.63) is 0 Å². The van der Waals surface area contributed by atoms with Crippen molar-refractivity contribution < 1.29 is 19.8 Å². The van der Waals surface area contributed by atoms with Crippen molar-refractivity contribution in [3.63, 3.8) is 0 Å². The van der Waals surface area contributed by atoms with Gasteiger partial charge in [0.2, 0.25) is 0 Å². The molecule has 5 nitrogen and oxygen atoms in total. The van der Waals surface area contributed by atoms with E-state index in [1.54, 1.807) is 0 Å². The van der Waals surface area contributed by atoms with E-state index in [2.05, 4.69) is 19.2 Å². The molecule has 0 aromatic carbocycles. The first-order valence-electron chi connectivity index (χ1n) is 16.2. The number of unbranched alkanes of at least 4 members (excludes halogenated alkanes) is 18. The van der Waals surface area contributed by atoms with Crippen LogP contribution in [-0.4, -0.2) is 35.2 Å². The van der Waals surface area contributed by atoms with Gasteiger partial charge in [0.05, 0.1) is 11.8 Å². The topological polar surface area (TPSA) is 86.6 Å². The Hall–Kier alpha value is -1.10. The highest BCUT2D eigenvalue weighted by Gasteiger charge is 2.18. The third-order valence-electron chi connectivity index (χ3n) is 7.85. The first kappa shape index (κ1) is 35.9.